The van der Waals surface area contributed by atoms with Crippen LogP contribution in [0.5, 0.6) is 0 Å². The zero-order chi connectivity index (χ0) is 19.1. The van der Waals surface area contributed by atoms with Gasteiger partial charge in [0, 0.05) is 39.3 Å². The molecule has 2 atom stereocenters. The van der Waals surface area contributed by atoms with Crippen LogP contribution in [0.4, 0.5) is 4.79 Å². The quantitative estimate of drug-likeness (QED) is 0.830. The van der Waals surface area contributed by atoms with Crippen molar-refractivity contribution >= 4 is 6.03 Å². The first-order chi connectivity index (χ1) is 13.2. The van der Waals surface area contributed by atoms with Gasteiger partial charge >= 0.3 is 6.03 Å². The van der Waals surface area contributed by atoms with Crippen LogP contribution in [0, 0.1) is 6.92 Å². The molecule has 1 N–H and O–H groups in total. The molecule has 0 aromatic heterocycles. The fraction of sp³-hybridized carbons (Fsp3) is 0.667. The second-order valence-corrected chi connectivity index (χ2v) is 7.43. The molecule has 0 radical (unpaired) electrons. The third-order valence-corrected chi connectivity index (χ3v) is 5.43. The molecule has 2 aliphatic heterocycles. The Balaban J connectivity index is 1.62. The Hall–Kier alpha value is -1.63. The van der Waals surface area contributed by atoms with Gasteiger partial charge < -0.3 is 19.7 Å². The lowest BCUT2D eigenvalue weighted by molar-refractivity contribution is 0.0120. The van der Waals surface area contributed by atoms with Gasteiger partial charge in [-0.1, -0.05) is 29.8 Å². The van der Waals surface area contributed by atoms with Crippen molar-refractivity contribution in [3.63, 3.8) is 0 Å². The maximum Gasteiger partial charge on any atom is 0.317 e. The van der Waals surface area contributed by atoms with Crippen molar-refractivity contribution in [2.45, 2.75) is 38.8 Å². The first-order valence-corrected chi connectivity index (χ1v) is 10.2. The van der Waals surface area contributed by atoms with E-state index in [0.717, 1.165) is 45.7 Å². The van der Waals surface area contributed by atoms with Crippen molar-refractivity contribution in [3.05, 3.63) is 35.4 Å². The molecule has 1 aromatic carbocycles. The molecular weight excluding hydrogens is 342 g/mol. The van der Waals surface area contributed by atoms with E-state index in [1.54, 1.807) is 0 Å². The van der Waals surface area contributed by atoms with E-state index in [0.29, 0.717) is 19.7 Å². The number of nitrogens with zero attached hydrogens (tertiary/aromatic N) is 2. The monoisotopic (exact) mass is 375 g/mol. The summed E-state index contributed by atoms with van der Waals surface area (Å²) in [5, 5.41) is 3.18. The number of urea groups is 1. The number of aryl methyl sites for hydroxylation is 1. The van der Waals surface area contributed by atoms with Crippen LogP contribution < -0.4 is 5.32 Å². The molecule has 2 aliphatic rings. The minimum Gasteiger partial charge on any atom is -0.379 e. The molecule has 0 aliphatic carbocycles. The number of benzene rings is 1. The molecule has 2 heterocycles. The number of piperidine rings is 1. The molecule has 6 nitrogen and oxygen atoms in total. The Bertz CT molecular complexity index is 602. The summed E-state index contributed by atoms with van der Waals surface area (Å²) in [6.07, 6.45) is 2.21. The van der Waals surface area contributed by atoms with Crippen LogP contribution >= 0.6 is 0 Å². The molecule has 0 spiro atoms. The summed E-state index contributed by atoms with van der Waals surface area (Å²) in [6, 6.07) is 8.77. The number of hydrogen-bond acceptors (Lipinski definition) is 4. The first kappa shape index (κ1) is 20.1. The summed E-state index contributed by atoms with van der Waals surface area (Å²) < 4.78 is 11.2. The van der Waals surface area contributed by atoms with E-state index >= 15 is 0 Å². The number of morpholine rings is 1. The van der Waals surface area contributed by atoms with Gasteiger partial charge in [-0.3, -0.25) is 4.90 Å². The standard InChI is InChI=1S/C21H33N3O3/c1-3-27-19-8-5-9-24(16-19)21(25)22-15-20(23-10-12-26-13-11-23)18-7-4-6-17(2)14-18/h4,6-7,14,19-20H,3,5,8-13,15-16H2,1-2H3,(H,22,25). The van der Waals surface area contributed by atoms with Crippen LogP contribution in [0.15, 0.2) is 24.3 Å². The van der Waals surface area contributed by atoms with Crippen LogP contribution in [0.2, 0.25) is 0 Å². The van der Waals surface area contributed by atoms with E-state index in [-0.39, 0.29) is 18.2 Å². The zero-order valence-electron chi connectivity index (χ0n) is 16.7. The predicted octanol–water partition coefficient (Wildman–Crippen LogP) is 2.58. The highest BCUT2D eigenvalue weighted by Crippen LogP contribution is 2.22. The number of carbonyl (C=O) groups is 1. The van der Waals surface area contributed by atoms with E-state index in [1.807, 2.05) is 11.8 Å². The molecule has 2 saturated heterocycles. The minimum atomic E-state index is 0.0188. The molecule has 2 amide bonds. The molecule has 150 valence electrons. The van der Waals surface area contributed by atoms with E-state index in [1.165, 1.54) is 11.1 Å². The Morgan fingerprint density at radius 1 is 1.33 bits per heavy atom. The lowest BCUT2D eigenvalue weighted by atomic mass is 10.0. The number of rotatable bonds is 6. The summed E-state index contributed by atoms with van der Waals surface area (Å²) in [5.41, 5.74) is 2.50. The summed E-state index contributed by atoms with van der Waals surface area (Å²) >= 11 is 0. The molecular formula is C21H33N3O3. The number of carbonyl (C=O) groups excluding carboxylic acids is 1. The van der Waals surface area contributed by atoms with Gasteiger partial charge in [-0.2, -0.15) is 0 Å². The smallest absolute Gasteiger partial charge is 0.317 e. The number of hydrogen-bond donors (Lipinski definition) is 1. The van der Waals surface area contributed by atoms with E-state index in [2.05, 4.69) is 41.4 Å². The summed E-state index contributed by atoms with van der Waals surface area (Å²) in [7, 11) is 0. The van der Waals surface area contributed by atoms with Gasteiger partial charge in [0.05, 0.1) is 25.4 Å². The van der Waals surface area contributed by atoms with Gasteiger partial charge in [-0.15, -0.1) is 0 Å². The fourth-order valence-corrected chi connectivity index (χ4v) is 4.01. The largest absolute Gasteiger partial charge is 0.379 e. The zero-order valence-corrected chi connectivity index (χ0v) is 16.7. The molecule has 27 heavy (non-hydrogen) atoms. The first-order valence-electron chi connectivity index (χ1n) is 10.2. The highest BCUT2D eigenvalue weighted by atomic mass is 16.5. The van der Waals surface area contributed by atoms with Gasteiger partial charge in [0.15, 0.2) is 0 Å². The fourth-order valence-electron chi connectivity index (χ4n) is 4.01. The number of amides is 2. The van der Waals surface area contributed by atoms with Crippen molar-refractivity contribution in [1.29, 1.82) is 0 Å². The Kier molecular flexibility index (Phi) is 7.50. The van der Waals surface area contributed by atoms with Crippen LogP contribution in [0.3, 0.4) is 0 Å². The maximum absolute atomic E-state index is 12.7. The second-order valence-electron chi connectivity index (χ2n) is 7.43. The minimum absolute atomic E-state index is 0.0188. The number of nitrogens with one attached hydrogen (secondary N) is 1. The summed E-state index contributed by atoms with van der Waals surface area (Å²) in [4.78, 5) is 17.1. The third kappa shape index (κ3) is 5.67. The van der Waals surface area contributed by atoms with Crippen LogP contribution in [-0.2, 0) is 9.47 Å². The maximum atomic E-state index is 12.7. The Morgan fingerprint density at radius 2 is 2.15 bits per heavy atom. The van der Waals surface area contributed by atoms with Crippen molar-refractivity contribution in [2.75, 3.05) is 52.5 Å². The highest BCUT2D eigenvalue weighted by Gasteiger charge is 2.27. The molecule has 6 heteroatoms. The molecule has 0 saturated carbocycles. The molecule has 3 rings (SSSR count). The van der Waals surface area contributed by atoms with Gasteiger partial charge in [-0.25, -0.2) is 4.79 Å². The van der Waals surface area contributed by atoms with E-state index < -0.39 is 0 Å². The number of ether oxygens (including phenoxy) is 2. The molecule has 2 fully saturated rings. The molecule has 1 aromatic rings. The predicted molar refractivity (Wildman–Crippen MR) is 106 cm³/mol. The van der Waals surface area contributed by atoms with Crippen LogP contribution in [-0.4, -0.2) is 74.5 Å². The molecule has 2 unspecified atom stereocenters. The topological polar surface area (TPSA) is 54.0 Å². The Labute approximate surface area is 162 Å². The summed E-state index contributed by atoms with van der Waals surface area (Å²) in [5.74, 6) is 0. The van der Waals surface area contributed by atoms with E-state index in [9.17, 15) is 4.79 Å². The van der Waals surface area contributed by atoms with Gasteiger partial charge in [0.25, 0.3) is 0 Å². The van der Waals surface area contributed by atoms with Gasteiger partial charge in [0.2, 0.25) is 0 Å². The normalized spacial score (nSPS) is 22.4. The van der Waals surface area contributed by atoms with Crippen molar-refractivity contribution < 1.29 is 14.3 Å². The lowest BCUT2D eigenvalue weighted by Crippen LogP contribution is -2.50. The van der Waals surface area contributed by atoms with Gasteiger partial charge in [-0.05, 0) is 32.3 Å². The number of likely N-dealkylation sites (tertiary alicyclic amines) is 1. The average Bonchev–Trinajstić information content (AvgIpc) is 2.69. The van der Waals surface area contributed by atoms with Crippen molar-refractivity contribution in [2.24, 2.45) is 0 Å². The van der Waals surface area contributed by atoms with E-state index in [4.69, 9.17) is 9.47 Å². The molecule has 0 bridgehead atoms. The average molecular weight is 376 g/mol. The lowest BCUT2D eigenvalue weighted by Gasteiger charge is -2.36. The van der Waals surface area contributed by atoms with Crippen molar-refractivity contribution in [1.82, 2.24) is 15.1 Å². The van der Waals surface area contributed by atoms with Crippen LogP contribution in [0.25, 0.3) is 0 Å². The van der Waals surface area contributed by atoms with Gasteiger partial charge in [0.1, 0.15) is 0 Å². The van der Waals surface area contributed by atoms with Crippen LogP contribution in [0.1, 0.15) is 36.9 Å². The second kappa shape index (κ2) is 10.1. The summed E-state index contributed by atoms with van der Waals surface area (Å²) in [6.45, 7) is 10.2. The van der Waals surface area contributed by atoms with Crippen molar-refractivity contribution in [3.8, 4) is 0 Å². The highest BCUT2D eigenvalue weighted by molar-refractivity contribution is 5.74. The SMILES string of the molecule is CCOC1CCCN(C(=O)NCC(c2cccc(C)c2)N2CCOCC2)C1. The Morgan fingerprint density at radius 3 is 2.89 bits per heavy atom. The third-order valence-electron chi connectivity index (χ3n) is 5.43.